The highest BCUT2D eigenvalue weighted by Crippen LogP contribution is 2.28. The Kier molecular flexibility index (Phi) is 7.27. The number of carbonyl (C=O) groups excluding carboxylic acids is 3. The summed E-state index contributed by atoms with van der Waals surface area (Å²) in [5.41, 5.74) is 1.66. The van der Waals surface area contributed by atoms with Crippen LogP contribution in [0.5, 0.6) is 5.75 Å². The van der Waals surface area contributed by atoms with Crippen molar-refractivity contribution >= 4 is 29.1 Å². The van der Waals surface area contributed by atoms with Crippen LogP contribution < -0.4 is 20.3 Å². The minimum Gasteiger partial charge on any atom is -0.494 e. The smallest absolute Gasteiger partial charge is 0.253 e. The largest absolute Gasteiger partial charge is 0.494 e. The number of carbonyl (C=O) groups is 3. The number of hydrogen-bond acceptors (Lipinski definition) is 4. The second-order valence-corrected chi connectivity index (χ2v) is 8.68. The average molecular weight is 450 g/mol. The van der Waals surface area contributed by atoms with Gasteiger partial charge in [0.2, 0.25) is 11.8 Å². The molecule has 7 nitrogen and oxygen atoms in total. The van der Waals surface area contributed by atoms with Crippen LogP contribution in [0.15, 0.2) is 48.5 Å². The maximum atomic E-state index is 13.0. The van der Waals surface area contributed by atoms with Gasteiger partial charge in [-0.25, -0.2) is 0 Å². The van der Waals surface area contributed by atoms with Gasteiger partial charge < -0.3 is 20.3 Å². The van der Waals surface area contributed by atoms with Crippen LogP contribution in [-0.4, -0.2) is 36.9 Å². The maximum Gasteiger partial charge on any atom is 0.253 e. The Labute approximate surface area is 194 Å². The van der Waals surface area contributed by atoms with E-state index < -0.39 is 5.92 Å². The van der Waals surface area contributed by atoms with Gasteiger partial charge in [0.1, 0.15) is 5.75 Å². The number of para-hydroxylation sites is 1. The fraction of sp³-hybridized carbons (Fsp3) is 0.423. The number of nitrogens with zero attached hydrogens (tertiary/aromatic N) is 1. The van der Waals surface area contributed by atoms with Crippen LogP contribution in [0.25, 0.3) is 0 Å². The number of anilines is 2. The van der Waals surface area contributed by atoms with E-state index in [0.717, 1.165) is 37.1 Å². The minimum absolute atomic E-state index is 0.0948. The van der Waals surface area contributed by atoms with Gasteiger partial charge in [-0.2, -0.15) is 0 Å². The number of ether oxygens (including phenoxy) is 1. The number of amides is 3. The van der Waals surface area contributed by atoms with Crippen LogP contribution in [0.2, 0.25) is 0 Å². The molecule has 2 aliphatic rings. The Hall–Kier alpha value is -3.35. The molecule has 1 aliphatic carbocycles. The Balaban J connectivity index is 1.40. The van der Waals surface area contributed by atoms with Crippen molar-refractivity contribution in [2.75, 3.05) is 23.4 Å². The van der Waals surface area contributed by atoms with E-state index in [-0.39, 0.29) is 30.2 Å². The van der Waals surface area contributed by atoms with Gasteiger partial charge in [0.25, 0.3) is 5.91 Å². The first kappa shape index (κ1) is 22.8. The molecule has 2 N–H and O–H groups in total. The number of nitrogens with one attached hydrogen (secondary N) is 2. The van der Waals surface area contributed by atoms with E-state index in [0.29, 0.717) is 24.4 Å². The van der Waals surface area contributed by atoms with Crippen molar-refractivity contribution < 1.29 is 19.1 Å². The third-order valence-electron chi connectivity index (χ3n) is 6.33. The van der Waals surface area contributed by atoms with Gasteiger partial charge in [-0.15, -0.1) is 0 Å². The number of benzene rings is 2. The molecule has 3 amide bonds. The summed E-state index contributed by atoms with van der Waals surface area (Å²) in [5, 5.41) is 6.00. The molecular weight excluding hydrogens is 418 g/mol. The SMILES string of the molecule is CCOc1ccc(N2C[C@@H](C(=O)Nc3ccccc3C(=O)NC3CCCCC3)CC2=O)cc1. The first-order valence-electron chi connectivity index (χ1n) is 11.8. The molecule has 2 fully saturated rings. The Bertz CT molecular complexity index is 999. The topological polar surface area (TPSA) is 87.7 Å². The molecule has 1 saturated carbocycles. The van der Waals surface area contributed by atoms with E-state index in [1.54, 1.807) is 29.2 Å². The van der Waals surface area contributed by atoms with Crippen molar-refractivity contribution in [2.24, 2.45) is 5.92 Å². The van der Waals surface area contributed by atoms with E-state index in [1.807, 2.05) is 31.2 Å². The maximum absolute atomic E-state index is 13.0. The zero-order chi connectivity index (χ0) is 23.2. The Morgan fingerprint density at radius 2 is 1.76 bits per heavy atom. The zero-order valence-corrected chi connectivity index (χ0v) is 19.0. The predicted octanol–water partition coefficient (Wildman–Crippen LogP) is 4.14. The van der Waals surface area contributed by atoms with Crippen LogP contribution in [0.3, 0.4) is 0 Å². The highest BCUT2D eigenvalue weighted by molar-refractivity contribution is 6.07. The molecule has 33 heavy (non-hydrogen) atoms. The van der Waals surface area contributed by atoms with Gasteiger partial charge in [-0.1, -0.05) is 31.4 Å². The van der Waals surface area contributed by atoms with Crippen LogP contribution in [0, 0.1) is 5.92 Å². The normalized spacial score (nSPS) is 18.8. The predicted molar refractivity (Wildman–Crippen MR) is 127 cm³/mol. The van der Waals surface area contributed by atoms with E-state index in [9.17, 15) is 14.4 Å². The fourth-order valence-corrected chi connectivity index (χ4v) is 4.56. The van der Waals surface area contributed by atoms with Crippen LogP contribution in [0.4, 0.5) is 11.4 Å². The van der Waals surface area contributed by atoms with E-state index >= 15 is 0 Å². The van der Waals surface area contributed by atoms with Crippen molar-refractivity contribution in [3.05, 3.63) is 54.1 Å². The summed E-state index contributed by atoms with van der Waals surface area (Å²) < 4.78 is 5.45. The molecule has 1 aliphatic heterocycles. The molecular formula is C26H31N3O4. The molecule has 1 saturated heterocycles. The highest BCUT2D eigenvalue weighted by atomic mass is 16.5. The Morgan fingerprint density at radius 1 is 1.03 bits per heavy atom. The molecule has 0 spiro atoms. The molecule has 0 aromatic heterocycles. The Morgan fingerprint density at radius 3 is 2.48 bits per heavy atom. The van der Waals surface area contributed by atoms with E-state index in [4.69, 9.17) is 4.74 Å². The highest BCUT2D eigenvalue weighted by Gasteiger charge is 2.35. The summed E-state index contributed by atoms with van der Waals surface area (Å²) in [6, 6.07) is 14.5. The monoisotopic (exact) mass is 449 g/mol. The average Bonchev–Trinajstić information content (AvgIpc) is 3.22. The summed E-state index contributed by atoms with van der Waals surface area (Å²) in [6.45, 7) is 2.79. The van der Waals surface area contributed by atoms with Crippen molar-refractivity contribution in [1.82, 2.24) is 5.32 Å². The molecule has 4 rings (SSSR count). The molecule has 2 aromatic rings. The van der Waals surface area contributed by atoms with Crippen LogP contribution in [0.1, 0.15) is 55.8 Å². The molecule has 7 heteroatoms. The summed E-state index contributed by atoms with van der Waals surface area (Å²) >= 11 is 0. The zero-order valence-electron chi connectivity index (χ0n) is 19.0. The van der Waals surface area contributed by atoms with Crippen LogP contribution >= 0.6 is 0 Å². The van der Waals surface area contributed by atoms with Gasteiger partial charge in [0.05, 0.1) is 23.8 Å². The summed E-state index contributed by atoms with van der Waals surface area (Å²) in [7, 11) is 0. The molecule has 174 valence electrons. The lowest BCUT2D eigenvalue weighted by Crippen LogP contribution is -2.36. The standard InChI is InChI=1S/C26H31N3O4/c1-2-33-21-14-12-20(13-15-21)29-17-18(16-24(29)30)25(31)28-23-11-7-6-10-22(23)26(32)27-19-8-4-3-5-9-19/h6-7,10-15,18-19H,2-5,8-9,16-17H2,1H3,(H,27,32)(H,28,31)/t18-/m0/s1. The summed E-state index contributed by atoms with van der Waals surface area (Å²) in [6.07, 6.45) is 5.59. The number of rotatable bonds is 7. The van der Waals surface area contributed by atoms with Gasteiger partial charge >= 0.3 is 0 Å². The van der Waals surface area contributed by atoms with Crippen LogP contribution in [-0.2, 0) is 9.59 Å². The third kappa shape index (κ3) is 5.53. The van der Waals surface area contributed by atoms with Crippen molar-refractivity contribution in [3.8, 4) is 5.75 Å². The minimum atomic E-state index is -0.487. The van der Waals surface area contributed by atoms with Gasteiger partial charge in [0.15, 0.2) is 0 Å². The van der Waals surface area contributed by atoms with E-state index in [2.05, 4.69) is 10.6 Å². The van der Waals surface area contributed by atoms with Crippen molar-refractivity contribution in [2.45, 2.75) is 51.5 Å². The molecule has 0 unspecified atom stereocenters. The van der Waals surface area contributed by atoms with Gasteiger partial charge in [-0.3, -0.25) is 14.4 Å². The molecule has 1 heterocycles. The summed E-state index contributed by atoms with van der Waals surface area (Å²) in [4.78, 5) is 40.1. The lowest BCUT2D eigenvalue weighted by Gasteiger charge is -2.23. The van der Waals surface area contributed by atoms with Gasteiger partial charge in [-0.05, 0) is 56.2 Å². The summed E-state index contributed by atoms with van der Waals surface area (Å²) in [5.74, 6) is -0.266. The first-order chi connectivity index (χ1) is 16.0. The lowest BCUT2D eigenvalue weighted by molar-refractivity contribution is -0.122. The lowest BCUT2D eigenvalue weighted by atomic mass is 9.95. The third-order valence-corrected chi connectivity index (χ3v) is 6.33. The van der Waals surface area contributed by atoms with Crippen molar-refractivity contribution in [3.63, 3.8) is 0 Å². The number of hydrogen-bond donors (Lipinski definition) is 2. The van der Waals surface area contributed by atoms with Crippen molar-refractivity contribution in [1.29, 1.82) is 0 Å². The van der Waals surface area contributed by atoms with E-state index in [1.165, 1.54) is 6.42 Å². The second kappa shape index (κ2) is 10.5. The molecule has 1 atom stereocenters. The molecule has 0 bridgehead atoms. The quantitative estimate of drug-likeness (QED) is 0.665. The fourth-order valence-electron chi connectivity index (χ4n) is 4.56. The molecule has 2 aromatic carbocycles. The van der Waals surface area contributed by atoms with Gasteiger partial charge in [0, 0.05) is 24.7 Å². The first-order valence-corrected chi connectivity index (χ1v) is 11.8. The molecule has 0 radical (unpaired) electrons. The second-order valence-electron chi connectivity index (χ2n) is 8.68.